The van der Waals surface area contributed by atoms with Gasteiger partial charge >= 0.3 is 8.60 Å². The highest BCUT2D eigenvalue weighted by Crippen LogP contribution is 2.50. The molecule has 3 rings (SSSR count). The molecule has 2 aromatic rings. The summed E-state index contributed by atoms with van der Waals surface area (Å²) in [7, 11) is -1.52. The fourth-order valence-electron chi connectivity index (χ4n) is 4.53. The first-order valence-corrected chi connectivity index (χ1v) is 14.6. The molecule has 0 spiro atoms. The highest BCUT2D eigenvalue weighted by Gasteiger charge is 2.29. The van der Waals surface area contributed by atoms with Crippen molar-refractivity contribution in [3.05, 3.63) is 57.6 Å². The van der Waals surface area contributed by atoms with Crippen LogP contribution >= 0.6 is 8.60 Å². The standard InChI is InChI=1S/C31H47O3P/c1-10-11-12-13-14-15-16-32-35-33-28-22(2)17-26(30(4,5)6)20-24(28)19-25-21-27(31(7,8)9)18-23(3)29(25)34-35/h17-18,20-21H,10-16,19H2,1-9H3. The van der Waals surface area contributed by atoms with Crippen molar-refractivity contribution in [2.24, 2.45) is 0 Å². The summed E-state index contributed by atoms with van der Waals surface area (Å²) in [5.41, 5.74) is 7.56. The lowest BCUT2D eigenvalue weighted by molar-refractivity contribution is 0.255. The number of rotatable bonds is 8. The number of hydrogen-bond donors (Lipinski definition) is 0. The third-order valence-corrected chi connectivity index (χ3v) is 7.90. The van der Waals surface area contributed by atoms with Crippen molar-refractivity contribution in [1.82, 2.24) is 0 Å². The van der Waals surface area contributed by atoms with Gasteiger partial charge in [0.05, 0.1) is 6.61 Å². The summed E-state index contributed by atoms with van der Waals surface area (Å²) in [6.07, 6.45) is 8.20. The minimum atomic E-state index is -1.52. The molecule has 2 aromatic carbocycles. The highest BCUT2D eigenvalue weighted by molar-refractivity contribution is 7.42. The molecule has 4 heteroatoms. The molecule has 0 aromatic heterocycles. The fourth-order valence-corrected chi connectivity index (χ4v) is 5.77. The molecule has 0 saturated carbocycles. The summed E-state index contributed by atoms with van der Waals surface area (Å²) in [5.74, 6) is 1.85. The largest absolute Gasteiger partial charge is 0.463 e. The second kappa shape index (κ2) is 11.7. The smallest absolute Gasteiger partial charge is 0.417 e. The van der Waals surface area contributed by atoms with Crippen LogP contribution in [0.2, 0.25) is 0 Å². The van der Waals surface area contributed by atoms with Gasteiger partial charge in [-0.1, -0.05) is 105 Å². The molecule has 0 saturated heterocycles. The van der Waals surface area contributed by atoms with Gasteiger partial charge in [-0.2, -0.15) is 0 Å². The van der Waals surface area contributed by atoms with Gasteiger partial charge in [-0.3, -0.25) is 4.52 Å². The molecule has 3 nitrogen and oxygen atoms in total. The van der Waals surface area contributed by atoms with Crippen LogP contribution in [0.1, 0.15) is 120 Å². The molecular weight excluding hydrogens is 451 g/mol. The zero-order chi connectivity index (χ0) is 25.8. The third kappa shape index (κ3) is 7.46. The SMILES string of the molecule is CCCCCCCCOP1Oc2c(C)cc(C(C)(C)C)cc2Cc2cc(C(C)(C)C)cc(C)c2O1. The maximum absolute atomic E-state index is 6.51. The van der Waals surface area contributed by atoms with E-state index in [0.29, 0.717) is 6.61 Å². The van der Waals surface area contributed by atoms with E-state index in [2.05, 4.69) is 86.6 Å². The number of aryl methyl sites for hydroxylation is 2. The first-order chi connectivity index (χ1) is 16.4. The van der Waals surface area contributed by atoms with Gasteiger partial charge in [0.25, 0.3) is 0 Å². The van der Waals surface area contributed by atoms with Gasteiger partial charge in [0.1, 0.15) is 11.5 Å². The van der Waals surface area contributed by atoms with Crippen LogP contribution in [-0.4, -0.2) is 6.61 Å². The van der Waals surface area contributed by atoms with Crippen LogP contribution < -0.4 is 9.05 Å². The Morgan fingerprint density at radius 3 is 1.63 bits per heavy atom. The molecule has 0 amide bonds. The van der Waals surface area contributed by atoms with Gasteiger partial charge in [0, 0.05) is 6.42 Å². The molecule has 0 N–H and O–H groups in total. The normalized spacial score (nSPS) is 14.4. The van der Waals surface area contributed by atoms with Crippen LogP contribution in [0.3, 0.4) is 0 Å². The Morgan fingerprint density at radius 1 is 0.714 bits per heavy atom. The van der Waals surface area contributed by atoms with Crippen LogP contribution in [0, 0.1) is 13.8 Å². The minimum Gasteiger partial charge on any atom is -0.417 e. The van der Waals surface area contributed by atoms with E-state index in [0.717, 1.165) is 35.5 Å². The lowest BCUT2D eigenvalue weighted by Crippen LogP contribution is -2.16. The van der Waals surface area contributed by atoms with E-state index < -0.39 is 8.60 Å². The zero-order valence-electron chi connectivity index (χ0n) is 23.6. The summed E-state index contributed by atoms with van der Waals surface area (Å²) in [6, 6.07) is 9.19. The first-order valence-electron chi connectivity index (χ1n) is 13.5. The number of unbranched alkanes of at least 4 members (excludes halogenated alkanes) is 5. The molecule has 35 heavy (non-hydrogen) atoms. The number of hydrogen-bond acceptors (Lipinski definition) is 3. The van der Waals surface area contributed by atoms with Crippen molar-refractivity contribution in [1.29, 1.82) is 0 Å². The average molecular weight is 499 g/mol. The van der Waals surface area contributed by atoms with Crippen molar-refractivity contribution >= 4 is 8.60 Å². The Labute approximate surface area is 216 Å². The average Bonchev–Trinajstić information content (AvgIpc) is 2.73. The highest BCUT2D eigenvalue weighted by atomic mass is 31.2. The number of benzene rings is 2. The molecule has 0 unspecified atom stereocenters. The fraction of sp³-hybridized carbons (Fsp3) is 0.613. The van der Waals surface area contributed by atoms with E-state index in [9.17, 15) is 0 Å². The third-order valence-electron chi connectivity index (χ3n) is 6.84. The molecule has 0 aliphatic carbocycles. The van der Waals surface area contributed by atoms with Gasteiger partial charge in [0.15, 0.2) is 0 Å². The van der Waals surface area contributed by atoms with E-state index in [1.165, 1.54) is 54.4 Å². The molecule has 1 aliphatic heterocycles. The Hall–Kier alpha value is -1.57. The van der Waals surface area contributed by atoms with Crippen molar-refractivity contribution in [2.45, 2.75) is 118 Å². The van der Waals surface area contributed by atoms with Crippen LogP contribution in [0.25, 0.3) is 0 Å². The molecule has 0 fully saturated rings. The van der Waals surface area contributed by atoms with E-state index in [4.69, 9.17) is 13.6 Å². The summed E-state index contributed by atoms with van der Waals surface area (Å²) >= 11 is 0. The second-order valence-electron chi connectivity index (χ2n) is 12.2. The molecular formula is C31H47O3P. The van der Waals surface area contributed by atoms with Gasteiger partial charge in [-0.05, 0) is 64.5 Å². The van der Waals surface area contributed by atoms with E-state index >= 15 is 0 Å². The molecule has 1 aliphatic rings. The lowest BCUT2D eigenvalue weighted by atomic mass is 9.82. The van der Waals surface area contributed by atoms with Crippen LogP contribution in [0.5, 0.6) is 11.5 Å². The minimum absolute atomic E-state index is 0.0731. The Bertz CT molecular complexity index is 926. The van der Waals surface area contributed by atoms with Crippen LogP contribution in [0.15, 0.2) is 24.3 Å². The van der Waals surface area contributed by atoms with E-state index in [-0.39, 0.29) is 10.8 Å². The van der Waals surface area contributed by atoms with Gasteiger partial charge in [-0.15, -0.1) is 0 Å². The predicted molar refractivity (Wildman–Crippen MR) is 150 cm³/mol. The number of fused-ring (bicyclic) bond motifs is 2. The summed E-state index contributed by atoms with van der Waals surface area (Å²) in [4.78, 5) is 0. The van der Waals surface area contributed by atoms with Gasteiger partial charge in [-0.25, -0.2) is 0 Å². The molecule has 0 bridgehead atoms. The summed E-state index contributed by atoms with van der Waals surface area (Å²) in [5, 5.41) is 0. The second-order valence-corrected chi connectivity index (χ2v) is 13.3. The quantitative estimate of drug-likeness (QED) is 0.268. The van der Waals surface area contributed by atoms with Crippen LogP contribution in [0.4, 0.5) is 0 Å². The van der Waals surface area contributed by atoms with E-state index in [1.807, 2.05) is 0 Å². The Balaban J connectivity index is 1.95. The van der Waals surface area contributed by atoms with Crippen molar-refractivity contribution in [3.63, 3.8) is 0 Å². The predicted octanol–water partition coefficient (Wildman–Crippen LogP) is 9.86. The van der Waals surface area contributed by atoms with Crippen LogP contribution in [-0.2, 0) is 21.8 Å². The van der Waals surface area contributed by atoms with Crippen molar-refractivity contribution < 1.29 is 13.6 Å². The van der Waals surface area contributed by atoms with E-state index in [1.54, 1.807) is 0 Å². The maximum atomic E-state index is 6.51. The summed E-state index contributed by atoms with van der Waals surface area (Å²) < 4.78 is 19.3. The lowest BCUT2D eigenvalue weighted by Gasteiger charge is -2.29. The molecule has 0 radical (unpaired) electrons. The van der Waals surface area contributed by atoms with Gasteiger partial charge in [0.2, 0.25) is 0 Å². The Kier molecular flexibility index (Phi) is 9.33. The summed E-state index contributed by atoms with van der Waals surface area (Å²) in [6.45, 7) is 20.8. The van der Waals surface area contributed by atoms with Gasteiger partial charge < -0.3 is 9.05 Å². The molecule has 0 atom stereocenters. The molecule has 194 valence electrons. The Morgan fingerprint density at radius 2 is 1.17 bits per heavy atom. The first kappa shape index (κ1) is 28.0. The topological polar surface area (TPSA) is 27.7 Å². The molecule has 1 heterocycles. The van der Waals surface area contributed by atoms with Crippen molar-refractivity contribution in [3.8, 4) is 11.5 Å². The zero-order valence-corrected chi connectivity index (χ0v) is 24.5. The maximum Gasteiger partial charge on any atom is 0.463 e. The monoisotopic (exact) mass is 498 g/mol. The van der Waals surface area contributed by atoms with Crippen molar-refractivity contribution in [2.75, 3.05) is 6.61 Å².